The van der Waals surface area contributed by atoms with Crippen LogP contribution in [0.2, 0.25) is 0 Å². The van der Waals surface area contributed by atoms with Crippen molar-refractivity contribution in [2.75, 3.05) is 24.5 Å². The first-order chi connectivity index (χ1) is 11.8. The molecule has 5 nitrogen and oxygen atoms in total. The Morgan fingerprint density at radius 3 is 2.46 bits per heavy atom. The monoisotopic (exact) mass is 322 g/mol. The molecule has 5 heteroatoms. The molecule has 0 aliphatic carbocycles. The summed E-state index contributed by atoms with van der Waals surface area (Å²) in [4.78, 5) is 21.0. The van der Waals surface area contributed by atoms with Gasteiger partial charge in [0, 0.05) is 50.6 Å². The van der Waals surface area contributed by atoms with E-state index in [1.807, 2.05) is 47.6 Å². The van der Waals surface area contributed by atoms with E-state index in [4.69, 9.17) is 0 Å². The van der Waals surface area contributed by atoms with Crippen LogP contribution in [0, 0.1) is 0 Å². The molecule has 2 saturated heterocycles. The molecule has 4 rings (SSSR count). The van der Waals surface area contributed by atoms with E-state index in [2.05, 4.69) is 27.3 Å². The standard InChI is InChI=1S/C19H22N4O/c24-18-14-21-19(23(18)15-16-4-2-1-3-5-16)8-12-22(13-9-19)17-6-10-20-11-7-17/h1-7,10-11,21H,8-9,12-15H2. The first kappa shape index (κ1) is 15.1. The molecule has 0 radical (unpaired) electrons. The Morgan fingerprint density at radius 1 is 1.04 bits per heavy atom. The molecule has 2 aliphatic rings. The summed E-state index contributed by atoms with van der Waals surface area (Å²) in [6.45, 7) is 3.01. The minimum Gasteiger partial charge on any atom is -0.371 e. The fourth-order valence-electron chi connectivity index (χ4n) is 3.81. The van der Waals surface area contributed by atoms with Gasteiger partial charge in [-0.05, 0) is 17.7 Å². The van der Waals surface area contributed by atoms with Crippen LogP contribution < -0.4 is 10.2 Å². The number of rotatable bonds is 3. The Bertz CT molecular complexity index is 696. The van der Waals surface area contributed by atoms with Crippen LogP contribution in [0.5, 0.6) is 0 Å². The van der Waals surface area contributed by atoms with Crippen LogP contribution in [0.3, 0.4) is 0 Å². The quantitative estimate of drug-likeness (QED) is 0.939. The Labute approximate surface area is 142 Å². The highest BCUT2D eigenvalue weighted by Gasteiger charge is 2.46. The van der Waals surface area contributed by atoms with Crippen LogP contribution in [0.15, 0.2) is 54.9 Å². The number of anilines is 1. The summed E-state index contributed by atoms with van der Waals surface area (Å²) in [6, 6.07) is 14.3. The molecule has 1 aromatic carbocycles. The van der Waals surface area contributed by atoms with Gasteiger partial charge in [0.2, 0.25) is 5.91 Å². The lowest BCUT2D eigenvalue weighted by atomic mass is 9.95. The zero-order valence-electron chi connectivity index (χ0n) is 13.7. The minimum absolute atomic E-state index is 0.198. The first-order valence-corrected chi connectivity index (χ1v) is 8.51. The topological polar surface area (TPSA) is 48.5 Å². The van der Waals surface area contributed by atoms with Crippen LogP contribution in [0.4, 0.5) is 5.69 Å². The molecule has 2 aliphatic heterocycles. The molecule has 2 aromatic rings. The van der Waals surface area contributed by atoms with E-state index >= 15 is 0 Å². The smallest absolute Gasteiger partial charge is 0.238 e. The van der Waals surface area contributed by atoms with Crippen molar-refractivity contribution in [3.05, 3.63) is 60.4 Å². The molecule has 1 spiro atoms. The van der Waals surface area contributed by atoms with Crippen LogP contribution >= 0.6 is 0 Å². The fraction of sp³-hybridized carbons (Fsp3) is 0.368. The lowest BCUT2D eigenvalue weighted by Crippen LogP contribution is -2.58. The summed E-state index contributed by atoms with van der Waals surface area (Å²) in [5.41, 5.74) is 2.19. The number of benzene rings is 1. The molecule has 1 amide bonds. The van der Waals surface area contributed by atoms with Gasteiger partial charge in [-0.25, -0.2) is 0 Å². The Kier molecular flexibility index (Phi) is 3.94. The van der Waals surface area contributed by atoms with Crippen molar-refractivity contribution in [1.29, 1.82) is 0 Å². The molecule has 2 fully saturated rings. The number of aromatic nitrogens is 1. The summed E-state index contributed by atoms with van der Waals surface area (Å²) in [7, 11) is 0. The molecule has 0 unspecified atom stereocenters. The van der Waals surface area contributed by atoms with E-state index < -0.39 is 0 Å². The maximum atomic E-state index is 12.4. The van der Waals surface area contributed by atoms with Crippen molar-refractivity contribution >= 4 is 11.6 Å². The maximum Gasteiger partial charge on any atom is 0.238 e. The normalized spacial score (nSPS) is 19.9. The van der Waals surface area contributed by atoms with Crippen molar-refractivity contribution in [3.8, 4) is 0 Å². The third-order valence-electron chi connectivity index (χ3n) is 5.19. The van der Waals surface area contributed by atoms with Gasteiger partial charge in [0.05, 0.1) is 12.2 Å². The van der Waals surface area contributed by atoms with E-state index in [9.17, 15) is 4.79 Å². The van der Waals surface area contributed by atoms with E-state index in [0.717, 1.165) is 25.9 Å². The van der Waals surface area contributed by atoms with Gasteiger partial charge in [-0.3, -0.25) is 15.1 Å². The Hall–Kier alpha value is -2.40. The molecule has 0 atom stereocenters. The highest BCUT2D eigenvalue weighted by Crippen LogP contribution is 2.33. The summed E-state index contributed by atoms with van der Waals surface area (Å²) >= 11 is 0. The highest BCUT2D eigenvalue weighted by molar-refractivity contribution is 5.81. The summed E-state index contributed by atoms with van der Waals surface area (Å²) in [5, 5.41) is 3.50. The van der Waals surface area contributed by atoms with Crippen molar-refractivity contribution in [3.63, 3.8) is 0 Å². The number of nitrogens with one attached hydrogen (secondary N) is 1. The fourth-order valence-corrected chi connectivity index (χ4v) is 3.81. The van der Waals surface area contributed by atoms with Crippen molar-refractivity contribution < 1.29 is 4.79 Å². The molecule has 1 aromatic heterocycles. The number of piperidine rings is 1. The van der Waals surface area contributed by atoms with Gasteiger partial charge in [-0.1, -0.05) is 30.3 Å². The third kappa shape index (κ3) is 2.76. The van der Waals surface area contributed by atoms with E-state index in [0.29, 0.717) is 13.1 Å². The number of pyridine rings is 1. The first-order valence-electron chi connectivity index (χ1n) is 8.51. The molecular weight excluding hydrogens is 300 g/mol. The summed E-state index contributed by atoms with van der Waals surface area (Å²) in [6.07, 6.45) is 5.54. The number of carbonyl (C=O) groups excluding carboxylic acids is 1. The maximum absolute atomic E-state index is 12.4. The number of amides is 1. The molecule has 0 saturated carbocycles. The predicted molar refractivity (Wildman–Crippen MR) is 93.4 cm³/mol. The molecular formula is C19H22N4O. The van der Waals surface area contributed by atoms with Gasteiger partial charge in [-0.15, -0.1) is 0 Å². The van der Waals surface area contributed by atoms with Crippen LogP contribution in [0.1, 0.15) is 18.4 Å². The number of nitrogens with zero attached hydrogens (tertiary/aromatic N) is 3. The van der Waals surface area contributed by atoms with E-state index in [1.54, 1.807) is 0 Å². The Balaban J connectivity index is 1.49. The lowest BCUT2D eigenvalue weighted by molar-refractivity contribution is -0.131. The minimum atomic E-state index is -0.198. The Morgan fingerprint density at radius 2 is 1.75 bits per heavy atom. The van der Waals surface area contributed by atoms with Crippen molar-refractivity contribution in [2.45, 2.75) is 25.0 Å². The van der Waals surface area contributed by atoms with Crippen LogP contribution in [-0.4, -0.2) is 41.1 Å². The van der Waals surface area contributed by atoms with Crippen LogP contribution in [-0.2, 0) is 11.3 Å². The largest absolute Gasteiger partial charge is 0.371 e. The van der Waals surface area contributed by atoms with Gasteiger partial charge in [0.25, 0.3) is 0 Å². The SMILES string of the molecule is O=C1CNC2(CCN(c3ccncc3)CC2)N1Cc1ccccc1. The van der Waals surface area contributed by atoms with E-state index in [1.165, 1.54) is 11.3 Å². The number of hydrogen-bond acceptors (Lipinski definition) is 4. The lowest BCUT2D eigenvalue weighted by Gasteiger charge is -2.45. The molecule has 0 bridgehead atoms. The van der Waals surface area contributed by atoms with Gasteiger partial charge in [0.15, 0.2) is 0 Å². The van der Waals surface area contributed by atoms with E-state index in [-0.39, 0.29) is 11.6 Å². The highest BCUT2D eigenvalue weighted by atomic mass is 16.2. The average molecular weight is 322 g/mol. The van der Waals surface area contributed by atoms with Crippen molar-refractivity contribution in [2.24, 2.45) is 0 Å². The molecule has 124 valence electrons. The van der Waals surface area contributed by atoms with Gasteiger partial charge in [0.1, 0.15) is 0 Å². The van der Waals surface area contributed by atoms with Gasteiger partial charge in [-0.2, -0.15) is 0 Å². The zero-order chi connectivity index (χ0) is 16.4. The average Bonchev–Trinajstić information content (AvgIpc) is 2.94. The summed E-state index contributed by atoms with van der Waals surface area (Å²) < 4.78 is 0. The third-order valence-corrected chi connectivity index (χ3v) is 5.19. The van der Waals surface area contributed by atoms with Gasteiger partial charge >= 0.3 is 0 Å². The predicted octanol–water partition coefficient (Wildman–Crippen LogP) is 2.01. The number of carbonyl (C=O) groups is 1. The van der Waals surface area contributed by atoms with Crippen LogP contribution in [0.25, 0.3) is 0 Å². The second-order valence-corrected chi connectivity index (χ2v) is 6.54. The van der Waals surface area contributed by atoms with Crippen molar-refractivity contribution in [1.82, 2.24) is 15.2 Å². The molecule has 3 heterocycles. The summed E-state index contributed by atoms with van der Waals surface area (Å²) in [5.74, 6) is 0.205. The zero-order valence-corrected chi connectivity index (χ0v) is 13.7. The number of hydrogen-bond donors (Lipinski definition) is 1. The molecule has 1 N–H and O–H groups in total. The second-order valence-electron chi connectivity index (χ2n) is 6.54. The second kappa shape index (κ2) is 6.24. The van der Waals surface area contributed by atoms with Gasteiger partial charge < -0.3 is 9.80 Å². The molecule has 24 heavy (non-hydrogen) atoms.